The zero-order chi connectivity index (χ0) is 15.2. The normalized spacial score (nSPS) is 10.3. The summed E-state index contributed by atoms with van der Waals surface area (Å²) in [4.78, 5) is 0. The minimum absolute atomic E-state index is 0.248. The summed E-state index contributed by atoms with van der Waals surface area (Å²) in [5, 5.41) is 3.73. The van der Waals surface area contributed by atoms with Crippen molar-refractivity contribution in [2.75, 3.05) is 19.0 Å². The summed E-state index contributed by atoms with van der Waals surface area (Å²) in [6, 6.07) is 10.2. The molecule has 0 amide bonds. The SMILES string of the molecule is CCOc1ccc(NCc2c(Cl)cccc2OC)cc1F. The molecule has 0 saturated heterocycles. The standard InChI is InChI=1S/C16H17ClFNO2/c1-3-21-16-8-7-11(9-14(16)18)19-10-12-13(17)5-4-6-15(12)20-2/h4-9,19H,3,10H2,1-2H3. The quantitative estimate of drug-likeness (QED) is 0.852. The molecule has 0 radical (unpaired) electrons. The molecule has 2 aromatic carbocycles. The second kappa shape index (κ2) is 7.18. The molecule has 3 nitrogen and oxygen atoms in total. The highest BCUT2D eigenvalue weighted by molar-refractivity contribution is 6.31. The van der Waals surface area contributed by atoms with Crippen molar-refractivity contribution < 1.29 is 13.9 Å². The Labute approximate surface area is 128 Å². The van der Waals surface area contributed by atoms with Crippen LogP contribution in [0.15, 0.2) is 36.4 Å². The van der Waals surface area contributed by atoms with Gasteiger partial charge in [0.15, 0.2) is 11.6 Å². The van der Waals surface area contributed by atoms with Crippen molar-refractivity contribution in [3.63, 3.8) is 0 Å². The van der Waals surface area contributed by atoms with Gasteiger partial charge in [0.1, 0.15) is 5.75 Å². The van der Waals surface area contributed by atoms with E-state index in [0.717, 1.165) is 5.56 Å². The largest absolute Gasteiger partial charge is 0.496 e. The Bertz CT molecular complexity index is 619. The minimum Gasteiger partial charge on any atom is -0.496 e. The summed E-state index contributed by atoms with van der Waals surface area (Å²) >= 11 is 6.16. The molecule has 0 aliphatic carbocycles. The Morgan fingerprint density at radius 2 is 2.00 bits per heavy atom. The van der Waals surface area contributed by atoms with Crippen LogP contribution in [0.5, 0.6) is 11.5 Å². The lowest BCUT2D eigenvalue weighted by molar-refractivity contribution is 0.321. The van der Waals surface area contributed by atoms with Crippen LogP contribution in [0.1, 0.15) is 12.5 Å². The smallest absolute Gasteiger partial charge is 0.167 e. The summed E-state index contributed by atoms with van der Waals surface area (Å²) in [7, 11) is 1.59. The third kappa shape index (κ3) is 3.79. The molecule has 0 aliphatic rings. The van der Waals surface area contributed by atoms with Crippen LogP contribution in [-0.4, -0.2) is 13.7 Å². The van der Waals surface area contributed by atoms with Gasteiger partial charge in [0.2, 0.25) is 0 Å². The fourth-order valence-corrected chi connectivity index (χ4v) is 2.21. The molecule has 5 heteroatoms. The fraction of sp³-hybridized carbons (Fsp3) is 0.250. The molecular weight excluding hydrogens is 293 g/mol. The van der Waals surface area contributed by atoms with Gasteiger partial charge < -0.3 is 14.8 Å². The number of hydrogen-bond donors (Lipinski definition) is 1. The van der Waals surface area contributed by atoms with E-state index in [9.17, 15) is 4.39 Å². The van der Waals surface area contributed by atoms with E-state index in [4.69, 9.17) is 21.1 Å². The van der Waals surface area contributed by atoms with E-state index >= 15 is 0 Å². The zero-order valence-electron chi connectivity index (χ0n) is 12.0. The maximum absolute atomic E-state index is 13.8. The number of nitrogens with one attached hydrogen (secondary N) is 1. The molecule has 0 spiro atoms. The van der Waals surface area contributed by atoms with Gasteiger partial charge in [-0.05, 0) is 31.2 Å². The van der Waals surface area contributed by atoms with Crippen molar-refractivity contribution in [1.82, 2.24) is 0 Å². The van der Waals surface area contributed by atoms with Crippen LogP contribution in [0.2, 0.25) is 5.02 Å². The maximum atomic E-state index is 13.8. The molecule has 1 N–H and O–H groups in total. The third-order valence-corrected chi connectivity index (χ3v) is 3.35. The Morgan fingerprint density at radius 1 is 1.19 bits per heavy atom. The highest BCUT2D eigenvalue weighted by atomic mass is 35.5. The van der Waals surface area contributed by atoms with E-state index in [1.54, 1.807) is 25.3 Å². The second-order valence-corrected chi connectivity index (χ2v) is 4.76. The molecule has 0 heterocycles. The predicted octanol–water partition coefficient (Wildman–Crippen LogP) is 4.50. The predicted molar refractivity (Wildman–Crippen MR) is 82.9 cm³/mol. The lowest BCUT2D eigenvalue weighted by Gasteiger charge is -2.13. The topological polar surface area (TPSA) is 30.5 Å². The van der Waals surface area contributed by atoms with Crippen LogP contribution >= 0.6 is 11.6 Å². The average molecular weight is 310 g/mol. The molecular formula is C16H17ClFNO2. The van der Waals surface area contributed by atoms with Gasteiger partial charge >= 0.3 is 0 Å². The third-order valence-electron chi connectivity index (χ3n) is 3.00. The van der Waals surface area contributed by atoms with E-state index in [0.29, 0.717) is 29.6 Å². The highest BCUT2D eigenvalue weighted by Crippen LogP contribution is 2.28. The Balaban J connectivity index is 2.12. The zero-order valence-corrected chi connectivity index (χ0v) is 12.7. The van der Waals surface area contributed by atoms with Crippen molar-refractivity contribution >= 4 is 17.3 Å². The van der Waals surface area contributed by atoms with Crippen molar-refractivity contribution in [3.05, 3.63) is 52.8 Å². The van der Waals surface area contributed by atoms with Gasteiger partial charge in [-0.1, -0.05) is 17.7 Å². The highest BCUT2D eigenvalue weighted by Gasteiger charge is 2.08. The van der Waals surface area contributed by atoms with Gasteiger partial charge in [-0.25, -0.2) is 4.39 Å². The number of hydrogen-bond acceptors (Lipinski definition) is 3. The van der Waals surface area contributed by atoms with Crippen LogP contribution in [0.25, 0.3) is 0 Å². The molecule has 0 aliphatic heterocycles. The summed E-state index contributed by atoms with van der Waals surface area (Å²) in [6.45, 7) is 2.69. The lowest BCUT2D eigenvalue weighted by Crippen LogP contribution is -2.03. The monoisotopic (exact) mass is 309 g/mol. The molecule has 21 heavy (non-hydrogen) atoms. The summed E-state index contributed by atoms with van der Waals surface area (Å²) in [5.74, 6) is 0.549. The van der Waals surface area contributed by atoms with Crippen LogP contribution in [-0.2, 0) is 6.54 Å². The Kier molecular flexibility index (Phi) is 5.28. The summed E-state index contributed by atoms with van der Waals surface area (Å²) < 4.78 is 24.2. The number of methoxy groups -OCH3 is 1. The molecule has 0 aromatic heterocycles. The van der Waals surface area contributed by atoms with Crippen molar-refractivity contribution in [3.8, 4) is 11.5 Å². The Morgan fingerprint density at radius 3 is 2.67 bits per heavy atom. The van der Waals surface area contributed by atoms with Crippen molar-refractivity contribution in [1.29, 1.82) is 0 Å². The molecule has 0 unspecified atom stereocenters. The minimum atomic E-state index is -0.395. The number of halogens is 2. The van der Waals surface area contributed by atoms with E-state index in [1.807, 2.05) is 19.1 Å². The molecule has 2 rings (SSSR count). The average Bonchev–Trinajstić information content (AvgIpc) is 2.48. The van der Waals surface area contributed by atoms with Gasteiger partial charge in [0.05, 0.1) is 13.7 Å². The van der Waals surface area contributed by atoms with Crippen molar-refractivity contribution in [2.45, 2.75) is 13.5 Å². The molecule has 0 bridgehead atoms. The summed E-state index contributed by atoms with van der Waals surface area (Å²) in [5.41, 5.74) is 1.48. The molecule has 2 aromatic rings. The van der Waals surface area contributed by atoms with Gasteiger partial charge in [0.25, 0.3) is 0 Å². The Hall–Kier alpha value is -1.94. The van der Waals surface area contributed by atoms with Crippen LogP contribution in [0.4, 0.5) is 10.1 Å². The number of ether oxygens (including phenoxy) is 2. The fourth-order valence-electron chi connectivity index (χ4n) is 1.98. The molecule has 0 atom stereocenters. The molecule has 112 valence electrons. The first-order chi connectivity index (χ1) is 10.2. The van der Waals surface area contributed by atoms with Gasteiger partial charge in [-0.15, -0.1) is 0 Å². The van der Waals surface area contributed by atoms with Crippen LogP contribution in [0.3, 0.4) is 0 Å². The molecule has 0 fully saturated rings. The van der Waals surface area contributed by atoms with Crippen LogP contribution < -0.4 is 14.8 Å². The van der Waals surface area contributed by atoms with Gasteiger partial charge in [-0.2, -0.15) is 0 Å². The summed E-state index contributed by atoms with van der Waals surface area (Å²) in [6.07, 6.45) is 0. The van der Waals surface area contributed by atoms with E-state index < -0.39 is 5.82 Å². The van der Waals surface area contributed by atoms with E-state index in [2.05, 4.69) is 5.32 Å². The number of rotatable bonds is 6. The number of anilines is 1. The maximum Gasteiger partial charge on any atom is 0.167 e. The van der Waals surface area contributed by atoms with E-state index in [-0.39, 0.29) is 5.75 Å². The van der Waals surface area contributed by atoms with Crippen LogP contribution in [0, 0.1) is 5.82 Å². The first-order valence-corrected chi connectivity index (χ1v) is 7.01. The van der Waals surface area contributed by atoms with Crippen molar-refractivity contribution in [2.24, 2.45) is 0 Å². The first kappa shape index (κ1) is 15.4. The second-order valence-electron chi connectivity index (χ2n) is 4.35. The first-order valence-electron chi connectivity index (χ1n) is 6.63. The van der Waals surface area contributed by atoms with E-state index in [1.165, 1.54) is 6.07 Å². The number of benzene rings is 2. The van der Waals surface area contributed by atoms with Gasteiger partial charge in [0, 0.05) is 28.9 Å². The van der Waals surface area contributed by atoms with Gasteiger partial charge in [-0.3, -0.25) is 0 Å². The molecule has 0 saturated carbocycles. The lowest BCUT2D eigenvalue weighted by atomic mass is 10.2.